The summed E-state index contributed by atoms with van der Waals surface area (Å²) in [6.45, 7) is 4.48. The summed E-state index contributed by atoms with van der Waals surface area (Å²) < 4.78 is 6.99. The number of methoxy groups -OCH3 is 1. The average Bonchev–Trinajstić information content (AvgIpc) is 3.19. The molecule has 1 heterocycles. The highest BCUT2D eigenvalue weighted by atomic mass is 35.5. The molecule has 0 radical (unpaired) electrons. The molecule has 0 aliphatic rings. The molecule has 1 aromatic heterocycles. The highest BCUT2D eigenvalue weighted by Gasteiger charge is 2.21. The van der Waals surface area contributed by atoms with Crippen molar-refractivity contribution in [2.45, 2.75) is 36.5 Å². The molecule has 3 rings (SSSR count). The second-order valence-corrected chi connectivity index (χ2v) is 8.41. The molecule has 0 bridgehead atoms. The van der Waals surface area contributed by atoms with Crippen LogP contribution in [0.5, 0.6) is 5.75 Å². The summed E-state index contributed by atoms with van der Waals surface area (Å²) in [5.41, 5.74) is 2.67. The minimum Gasteiger partial charge on any atom is -0.495 e. The average molecular weight is 413 g/mol. The van der Waals surface area contributed by atoms with Crippen LogP contribution in [-0.2, 0) is 17.7 Å². The molecule has 28 heavy (non-hydrogen) atoms. The number of nitrogens with zero attached hydrogens (tertiary/aromatic N) is 4. The Kier molecular flexibility index (Phi) is 6.28. The third-order valence-corrected chi connectivity index (χ3v) is 5.75. The van der Waals surface area contributed by atoms with Gasteiger partial charge in [-0.15, -0.1) is 11.8 Å². The van der Waals surface area contributed by atoms with E-state index < -0.39 is 5.41 Å². The highest BCUT2D eigenvalue weighted by Crippen LogP contribution is 2.32. The number of benzene rings is 2. The Labute approximate surface area is 174 Å². The Morgan fingerprint density at radius 2 is 2.00 bits per heavy atom. The van der Waals surface area contributed by atoms with Crippen LogP contribution < -0.4 is 4.74 Å². The van der Waals surface area contributed by atoms with E-state index in [1.54, 1.807) is 29.9 Å². The summed E-state index contributed by atoms with van der Waals surface area (Å²) in [6, 6.07) is 14.5. The van der Waals surface area contributed by atoms with E-state index in [1.165, 1.54) is 6.33 Å². The predicted molar refractivity (Wildman–Crippen MR) is 112 cm³/mol. The summed E-state index contributed by atoms with van der Waals surface area (Å²) in [5.74, 6) is 1.43. The summed E-state index contributed by atoms with van der Waals surface area (Å²) >= 11 is 7.92. The van der Waals surface area contributed by atoms with Crippen LogP contribution in [0.25, 0.3) is 0 Å². The molecule has 0 spiro atoms. The Morgan fingerprint density at radius 1 is 1.21 bits per heavy atom. The van der Waals surface area contributed by atoms with Gasteiger partial charge in [-0.2, -0.15) is 10.4 Å². The van der Waals surface area contributed by atoms with E-state index in [0.717, 1.165) is 27.3 Å². The van der Waals surface area contributed by atoms with E-state index >= 15 is 0 Å². The van der Waals surface area contributed by atoms with Crippen molar-refractivity contribution < 1.29 is 4.74 Å². The van der Waals surface area contributed by atoms with Gasteiger partial charge in [0.15, 0.2) is 0 Å². The summed E-state index contributed by atoms with van der Waals surface area (Å²) in [4.78, 5) is 5.06. The standard InChI is InChI=1S/C21H21ClN4OS/c1-21(2,12-23)17-7-15(10-26-14-24-13-25-26)6-16(8-17)11-28-18-4-5-20(27-3)19(22)9-18/h4-9,13-14H,10-11H2,1-3H3. The highest BCUT2D eigenvalue weighted by molar-refractivity contribution is 7.98. The van der Waals surface area contributed by atoms with Crippen molar-refractivity contribution >= 4 is 23.4 Å². The Hall–Kier alpha value is -2.49. The lowest BCUT2D eigenvalue weighted by Gasteiger charge is -2.19. The maximum absolute atomic E-state index is 9.56. The topological polar surface area (TPSA) is 63.7 Å². The molecule has 144 valence electrons. The van der Waals surface area contributed by atoms with Gasteiger partial charge in [0.2, 0.25) is 0 Å². The SMILES string of the molecule is COc1ccc(SCc2cc(Cn3cncn3)cc(C(C)(C)C#N)c2)cc1Cl. The van der Waals surface area contributed by atoms with Crippen LogP contribution in [0.15, 0.2) is 53.9 Å². The van der Waals surface area contributed by atoms with Crippen LogP contribution in [-0.4, -0.2) is 21.9 Å². The van der Waals surface area contributed by atoms with Crippen LogP contribution in [0.1, 0.15) is 30.5 Å². The second kappa shape index (κ2) is 8.68. The maximum atomic E-state index is 9.56. The monoisotopic (exact) mass is 412 g/mol. The molecule has 7 heteroatoms. The molecule has 0 saturated carbocycles. The molecule has 0 unspecified atom stereocenters. The Morgan fingerprint density at radius 3 is 2.64 bits per heavy atom. The van der Waals surface area contributed by atoms with Crippen molar-refractivity contribution in [2.75, 3.05) is 7.11 Å². The van der Waals surface area contributed by atoms with Gasteiger partial charge in [-0.3, -0.25) is 0 Å². The third kappa shape index (κ3) is 4.86. The Balaban J connectivity index is 1.85. The number of hydrogen-bond donors (Lipinski definition) is 0. The molecule has 5 nitrogen and oxygen atoms in total. The number of ether oxygens (including phenoxy) is 1. The number of rotatable bonds is 7. The van der Waals surface area contributed by atoms with Gasteiger partial charge < -0.3 is 4.74 Å². The summed E-state index contributed by atoms with van der Waals surface area (Å²) in [7, 11) is 1.60. The fraction of sp³-hybridized carbons (Fsp3) is 0.286. The van der Waals surface area contributed by atoms with Gasteiger partial charge in [0.25, 0.3) is 0 Å². The van der Waals surface area contributed by atoms with Crippen molar-refractivity contribution in [2.24, 2.45) is 0 Å². The van der Waals surface area contributed by atoms with E-state index in [2.05, 4.69) is 34.4 Å². The predicted octanol–water partition coefficient (Wildman–Crippen LogP) is 5.08. The molecule has 0 aliphatic heterocycles. The molecule has 0 fully saturated rings. The van der Waals surface area contributed by atoms with Gasteiger partial charge in [0.05, 0.1) is 30.2 Å². The van der Waals surface area contributed by atoms with E-state index in [9.17, 15) is 5.26 Å². The number of thioether (sulfide) groups is 1. The quantitative estimate of drug-likeness (QED) is 0.506. The lowest BCUT2D eigenvalue weighted by atomic mass is 9.84. The van der Waals surface area contributed by atoms with E-state index in [-0.39, 0.29) is 0 Å². The number of hydrogen-bond acceptors (Lipinski definition) is 5. The number of halogens is 1. The zero-order valence-electron chi connectivity index (χ0n) is 16.0. The van der Waals surface area contributed by atoms with Crippen molar-refractivity contribution in [3.8, 4) is 11.8 Å². The zero-order valence-corrected chi connectivity index (χ0v) is 17.6. The minimum absolute atomic E-state index is 0.568. The molecule has 0 saturated heterocycles. The second-order valence-electron chi connectivity index (χ2n) is 6.95. The first-order valence-electron chi connectivity index (χ1n) is 8.74. The van der Waals surface area contributed by atoms with Crippen LogP contribution >= 0.6 is 23.4 Å². The number of nitriles is 1. The summed E-state index contributed by atoms with van der Waals surface area (Å²) in [6.07, 6.45) is 3.21. The van der Waals surface area contributed by atoms with Crippen LogP contribution in [0.3, 0.4) is 0 Å². The lowest BCUT2D eigenvalue weighted by molar-refractivity contribution is 0.414. The normalized spacial score (nSPS) is 11.2. The van der Waals surface area contributed by atoms with Gasteiger partial charge >= 0.3 is 0 Å². The van der Waals surface area contributed by atoms with Crippen LogP contribution in [0.4, 0.5) is 0 Å². The van der Waals surface area contributed by atoms with Gasteiger partial charge in [0.1, 0.15) is 18.4 Å². The molecule has 3 aromatic rings. The maximum Gasteiger partial charge on any atom is 0.137 e. The molecule has 0 aliphatic carbocycles. The summed E-state index contributed by atoms with van der Waals surface area (Å²) in [5, 5.41) is 14.3. The van der Waals surface area contributed by atoms with Crippen LogP contribution in [0.2, 0.25) is 5.02 Å². The molecular weight excluding hydrogens is 392 g/mol. The smallest absolute Gasteiger partial charge is 0.137 e. The minimum atomic E-state index is -0.568. The fourth-order valence-electron chi connectivity index (χ4n) is 2.77. The van der Waals surface area contributed by atoms with E-state index in [0.29, 0.717) is 17.3 Å². The first-order chi connectivity index (χ1) is 13.4. The zero-order chi connectivity index (χ0) is 20.1. The van der Waals surface area contributed by atoms with E-state index in [4.69, 9.17) is 16.3 Å². The van der Waals surface area contributed by atoms with Crippen LogP contribution in [0, 0.1) is 11.3 Å². The van der Waals surface area contributed by atoms with Gasteiger partial charge in [0, 0.05) is 10.6 Å². The molecule has 0 amide bonds. The third-order valence-electron chi connectivity index (χ3n) is 4.39. The van der Waals surface area contributed by atoms with Gasteiger partial charge in [-0.05, 0) is 48.7 Å². The van der Waals surface area contributed by atoms with Gasteiger partial charge in [-0.25, -0.2) is 9.67 Å². The first-order valence-corrected chi connectivity index (χ1v) is 10.1. The molecule has 0 N–H and O–H groups in total. The van der Waals surface area contributed by atoms with Crippen molar-refractivity contribution in [1.82, 2.24) is 14.8 Å². The van der Waals surface area contributed by atoms with Gasteiger partial charge in [-0.1, -0.05) is 29.8 Å². The fourth-order valence-corrected chi connectivity index (χ4v) is 3.96. The van der Waals surface area contributed by atoms with E-state index in [1.807, 2.05) is 32.0 Å². The molecule has 2 aromatic carbocycles. The first kappa shape index (κ1) is 20.2. The Bertz CT molecular complexity index is 996. The van der Waals surface area contributed by atoms with Crippen molar-refractivity contribution in [3.63, 3.8) is 0 Å². The largest absolute Gasteiger partial charge is 0.495 e. The number of aromatic nitrogens is 3. The van der Waals surface area contributed by atoms with Crippen molar-refractivity contribution in [3.05, 3.63) is 70.8 Å². The lowest BCUT2D eigenvalue weighted by Crippen LogP contribution is -2.15. The van der Waals surface area contributed by atoms with Crippen molar-refractivity contribution in [1.29, 1.82) is 5.26 Å². The molecular formula is C21H21ClN4OS. The molecule has 0 atom stereocenters.